The first-order valence-corrected chi connectivity index (χ1v) is 6.11. The fourth-order valence-corrected chi connectivity index (χ4v) is 2.23. The Balaban J connectivity index is 2.10. The van der Waals surface area contributed by atoms with Crippen LogP contribution in [0.25, 0.3) is 0 Å². The minimum Gasteiger partial charge on any atom is -0.383 e. The zero-order valence-electron chi connectivity index (χ0n) is 9.38. The van der Waals surface area contributed by atoms with Crippen molar-refractivity contribution < 1.29 is 4.79 Å². The lowest BCUT2D eigenvalue weighted by Crippen LogP contribution is -2.27. The van der Waals surface area contributed by atoms with E-state index in [4.69, 9.17) is 5.73 Å². The fourth-order valence-electron chi connectivity index (χ4n) is 1.49. The van der Waals surface area contributed by atoms with Gasteiger partial charge in [-0.3, -0.25) is 4.79 Å². The number of rotatable bonds is 3. The molecule has 5 heteroatoms. The van der Waals surface area contributed by atoms with Gasteiger partial charge in [0.05, 0.1) is 11.6 Å². The molecule has 2 aromatic heterocycles. The van der Waals surface area contributed by atoms with Crippen LogP contribution in [0.5, 0.6) is 0 Å². The van der Waals surface area contributed by atoms with E-state index < -0.39 is 0 Å². The number of hydrogen-bond donors (Lipinski definition) is 2. The largest absolute Gasteiger partial charge is 0.383 e. The van der Waals surface area contributed by atoms with Gasteiger partial charge in [-0.05, 0) is 30.5 Å². The Morgan fingerprint density at radius 3 is 2.94 bits per heavy atom. The maximum Gasteiger partial charge on any atom is 0.255 e. The van der Waals surface area contributed by atoms with Crippen molar-refractivity contribution in [2.45, 2.75) is 13.0 Å². The number of nitrogen functional groups attached to an aromatic ring is 1. The predicted octanol–water partition coefficient (Wildman–Crippen LogP) is 2.22. The van der Waals surface area contributed by atoms with Gasteiger partial charge in [-0.15, -0.1) is 11.3 Å². The molecule has 0 bridgehead atoms. The average Bonchev–Trinajstić information content (AvgIpc) is 2.82. The van der Waals surface area contributed by atoms with Gasteiger partial charge in [-0.1, -0.05) is 6.07 Å². The van der Waals surface area contributed by atoms with Crippen LogP contribution < -0.4 is 11.1 Å². The van der Waals surface area contributed by atoms with E-state index in [2.05, 4.69) is 10.3 Å². The standard InChI is InChI=1S/C12H13N3OS/c1-8(10-5-3-7-17-10)15-12(16)9-4-2-6-14-11(9)13/h2-8H,1H3,(H2,13,14)(H,15,16). The summed E-state index contributed by atoms with van der Waals surface area (Å²) in [6.45, 7) is 1.94. The Morgan fingerprint density at radius 2 is 2.29 bits per heavy atom. The average molecular weight is 247 g/mol. The molecule has 1 amide bonds. The van der Waals surface area contributed by atoms with Gasteiger partial charge in [0.25, 0.3) is 5.91 Å². The second-order valence-electron chi connectivity index (χ2n) is 3.65. The predicted molar refractivity (Wildman–Crippen MR) is 68.8 cm³/mol. The van der Waals surface area contributed by atoms with Crippen LogP contribution in [0.15, 0.2) is 35.8 Å². The Hall–Kier alpha value is -1.88. The second-order valence-corrected chi connectivity index (χ2v) is 4.63. The summed E-state index contributed by atoms with van der Waals surface area (Å²) in [6.07, 6.45) is 1.56. The third-order valence-corrected chi connectivity index (χ3v) is 3.46. The number of nitrogens with one attached hydrogen (secondary N) is 1. The molecule has 0 radical (unpaired) electrons. The summed E-state index contributed by atoms with van der Waals surface area (Å²) in [5.74, 6) is 0.0554. The normalized spacial score (nSPS) is 12.1. The molecular weight excluding hydrogens is 234 g/mol. The summed E-state index contributed by atoms with van der Waals surface area (Å²) in [6, 6.07) is 7.28. The van der Waals surface area contributed by atoms with Crippen molar-refractivity contribution in [1.82, 2.24) is 10.3 Å². The SMILES string of the molecule is CC(NC(=O)c1cccnc1N)c1cccs1. The number of carbonyl (C=O) groups excluding carboxylic acids is 1. The summed E-state index contributed by atoms with van der Waals surface area (Å²) in [5, 5.41) is 4.87. The van der Waals surface area contributed by atoms with Gasteiger partial charge in [0, 0.05) is 11.1 Å². The molecule has 4 nitrogen and oxygen atoms in total. The summed E-state index contributed by atoms with van der Waals surface area (Å²) >= 11 is 1.61. The van der Waals surface area contributed by atoms with E-state index in [-0.39, 0.29) is 17.8 Å². The van der Waals surface area contributed by atoms with Crippen LogP contribution in [0.3, 0.4) is 0 Å². The molecule has 1 unspecified atom stereocenters. The first kappa shape index (κ1) is 11.6. The van der Waals surface area contributed by atoms with Crippen LogP contribution in [0.4, 0.5) is 5.82 Å². The van der Waals surface area contributed by atoms with E-state index in [9.17, 15) is 4.79 Å². The third-order valence-electron chi connectivity index (χ3n) is 2.40. The Labute approximate surface area is 103 Å². The molecule has 17 heavy (non-hydrogen) atoms. The van der Waals surface area contributed by atoms with E-state index >= 15 is 0 Å². The number of anilines is 1. The van der Waals surface area contributed by atoms with Crippen LogP contribution in [-0.4, -0.2) is 10.9 Å². The highest BCUT2D eigenvalue weighted by molar-refractivity contribution is 7.10. The van der Waals surface area contributed by atoms with Gasteiger partial charge in [-0.25, -0.2) is 4.98 Å². The fraction of sp³-hybridized carbons (Fsp3) is 0.167. The van der Waals surface area contributed by atoms with Crippen LogP contribution in [-0.2, 0) is 0 Å². The van der Waals surface area contributed by atoms with Crippen molar-refractivity contribution in [2.75, 3.05) is 5.73 Å². The molecule has 0 saturated heterocycles. The van der Waals surface area contributed by atoms with Crippen molar-refractivity contribution in [3.63, 3.8) is 0 Å². The molecule has 0 saturated carbocycles. The number of thiophene rings is 1. The zero-order chi connectivity index (χ0) is 12.3. The molecule has 0 fully saturated rings. The summed E-state index contributed by atoms with van der Waals surface area (Å²) < 4.78 is 0. The van der Waals surface area contributed by atoms with Crippen LogP contribution in [0.2, 0.25) is 0 Å². The zero-order valence-corrected chi connectivity index (χ0v) is 10.2. The molecule has 2 heterocycles. The number of nitrogens with zero attached hydrogens (tertiary/aromatic N) is 1. The second kappa shape index (κ2) is 4.97. The quantitative estimate of drug-likeness (QED) is 0.873. The van der Waals surface area contributed by atoms with Crippen LogP contribution >= 0.6 is 11.3 Å². The lowest BCUT2D eigenvalue weighted by atomic mass is 10.2. The molecule has 0 aliphatic heterocycles. The Kier molecular flexibility index (Phi) is 3.39. The minimum absolute atomic E-state index is 0.0258. The summed E-state index contributed by atoms with van der Waals surface area (Å²) in [4.78, 5) is 16.9. The summed E-state index contributed by atoms with van der Waals surface area (Å²) in [5.41, 5.74) is 6.06. The number of hydrogen-bond acceptors (Lipinski definition) is 4. The Morgan fingerprint density at radius 1 is 1.47 bits per heavy atom. The molecule has 0 aliphatic carbocycles. The molecule has 0 aromatic carbocycles. The maximum absolute atomic E-state index is 11.9. The van der Waals surface area contributed by atoms with Gasteiger partial charge in [0.15, 0.2) is 0 Å². The maximum atomic E-state index is 11.9. The molecule has 2 rings (SSSR count). The lowest BCUT2D eigenvalue weighted by molar-refractivity contribution is 0.0941. The number of pyridine rings is 1. The monoisotopic (exact) mass is 247 g/mol. The third kappa shape index (κ3) is 2.62. The highest BCUT2D eigenvalue weighted by Crippen LogP contribution is 2.19. The van der Waals surface area contributed by atoms with Crippen molar-refractivity contribution in [3.8, 4) is 0 Å². The number of carbonyl (C=O) groups is 1. The molecule has 2 aromatic rings. The molecule has 0 spiro atoms. The van der Waals surface area contributed by atoms with E-state index in [1.807, 2.05) is 24.4 Å². The minimum atomic E-state index is -0.198. The van der Waals surface area contributed by atoms with Gasteiger partial charge >= 0.3 is 0 Å². The molecule has 88 valence electrons. The van der Waals surface area contributed by atoms with Gasteiger partial charge in [-0.2, -0.15) is 0 Å². The smallest absolute Gasteiger partial charge is 0.255 e. The highest BCUT2D eigenvalue weighted by atomic mass is 32.1. The number of nitrogens with two attached hydrogens (primary N) is 1. The van der Waals surface area contributed by atoms with Crippen molar-refractivity contribution >= 4 is 23.1 Å². The topological polar surface area (TPSA) is 68.0 Å². The van der Waals surface area contributed by atoms with E-state index in [1.165, 1.54) is 0 Å². The van der Waals surface area contributed by atoms with Crippen molar-refractivity contribution in [1.29, 1.82) is 0 Å². The van der Waals surface area contributed by atoms with E-state index in [1.54, 1.807) is 29.7 Å². The number of amides is 1. The highest BCUT2D eigenvalue weighted by Gasteiger charge is 2.14. The lowest BCUT2D eigenvalue weighted by Gasteiger charge is -2.12. The Bertz CT molecular complexity index is 510. The van der Waals surface area contributed by atoms with Crippen molar-refractivity contribution in [3.05, 3.63) is 46.3 Å². The molecular formula is C12H13N3OS. The molecule has 0 aliphatic rings. The van der Waals surface area contributed by atoms with Gasteiger partial charge in [0.2, 0.25) is 0 Å². The van der Waals surface area contributed by atoms with E-state index in [0.29, 0.717) is 5.56 Å². The molecule has 3 N–H and O–H groups in total. The first-order valence-electron chi connectivity index (χ1n) is 5.23. The molecule has 1 atom stereocenters. The van der Waals surface area contributed by atoms with Gasteiger partial charge in [0.1, 0.15) is 5.82 Å². The van der Waals surface area contributed by atoms with E-state index in [0.717, 1.165) is 4.88 Å². The van der Waals surface area contributed by atoms with Crippen LogP contribution in [0.1, 0.15) is 28.2 Å². The number of aromatic nitrogens is 1. The first-order chi connectivity index (χ1) is 8.18. The van der Waals surface area contributed by atoms with Crippen molar-refractivity contribution in [2.24, 2.45) is 0 Å². The summed E-state index contributed by atoms with van der Waals surface area (Å²) in [7, 11) is 0. The van der Waals surface area contributed by atoms with Crippen LogP contribution in [0, 0.1) is 0 Å². The van der Waals surface area contributed by atoms with Gasteiger partial charge < -0.3 is 11.1 Å².